The highest BCUT2D eigenvalue weighted by molar-refractivity contribution is 5.72. The van der Waals surface area contributed by atoms with Gasteiger partial charge in [0.1, 0.15) is 0 Å². The van der Waals surface area contributed by atoms with Crippen LogP contribution in [-0.4, -0.2) is 34.1 Å². The van der Waals surface area contributed by atoms with Crippen molar-refractivity contribution in [3.05, 3.63) is 0 Å². The Morgan fingerprint density at radius 2 is 1.83 bits per heavy atom. The predicted molar refractivity (Wildman–Crippen MR) is 74.7 cm³/mol. The van der Waals surface area contributed by atoms with Crippen LogP contribution in [0.3, 0.4) is 0 Å². The van der Waals surface area contributed by atoms with Crippen LogP contribution in [0.5, 0.6) is 0 Å². The van der Waals surface area contributed by atoms with Gasteiger partial charge in [-0.2, -0.15) is 0 Å². The molecule has 0 aromatic rings. The lowest BCUT2D eigenvalue weighted by molar-refractivity contribution is -0.145. The summed E-state index contributed by atoms with van der Waals surface area (Å²) in [5.41, 5.74) is 0.0781. The molecular weight excluding hydrogens is 226 g/mol. The first-order valence-corrected chi connectivity index (χ1v) is 7.21. The molecule has 2 aliphatic rings. The van der Waals surface area contributed by atoms with Crippen molar-refractivity contribution in [2.24, 2.45) is 11.3 Å². The Kier molecular flexibility index (Phi) is 4.47. The van der Waals surface area contributed by atoms with Gasteiger partial charge in [-0.3, -0.25) is 9.69 Å². The fourth-order valence-corrected chi connectivity index (χ4v) is 3.45. The lowest BCUT2D eigenvalue weighted by Gasteiger charge is -2.20. The highest BCUT2D eigenvalue weighted by Crippen LogP contribution is 2.57. The maximum absolute atomic E-state index is 10.0. The number of nitrogens with zero attached hydrogens (tertiary/aromatic N) is 1. The van der Waals surface area contributed by atoms with E-state index < -0.39 is 11.4 Å². The molecule has 2 rings (SSSR count). The molecule has 1 saturated heterocycles. The monoisotopic (exact) mass is 255 g/mol. The zero-order chi connectivity index (χ0) is 14.1. The van der Waals surface area contributed by atoms with Gasteiger partial charge in [-0.05, 0) is 52.5 Å². The molecule has 1 aliphatic carbocycles. The molecule has 3 heteroatoms. The van der Waals surface area contributed by atoms with E-state index in [0.717, 1.165) is 12.0 Å². The van der Waals surface area contributed by atoms with Gasteiger partial charge in [0.25, 0.3) is 0 Å². The molecule has 1 aliphatic heterocycles. The van der Waals surface area contributed by atoms with E-state index >= 15 is 0 Å². The molecule has 4 unspecified atom stereocenters. The second kappa shape index (κ2) is 5.20. The second-order valence-corrected chi connectivity index (χ2v) is 6.68. The first-order valence-electron chi connectivity index (χ1n) is 7.21. The Labute approximate surface area is 112 Å². The van der Waals surface area contributed by atoms with Crippen LogP contribution in [0.25, 0.3) is 0 Å². The maximum atomic E-state index is 10.0. The molecule has 2 fully saturated rings. The van der Waals surface area contributed by atoms with Crippen LogP contribution < -0.4 is 0 Å². The van der Waals surface area contributed by atoms with Crippen molar-refractivity contribution in [2.75, 3.05) is 6.54 Å². The lowest BCUT2D eigenvalue weighted by atomic mass is 9.93. The summed E-state index contributed by atoms with van der Waals surface area (Å²) in [4.78, 5) is 12.7. The number of carboxylic acid groups (broad SMARTS) is 1. The van der Waals surface area contributed by atoms with Crippen molar-refractivity contribution in [1.29, 1.82) is 0 Å². The number of fused-ring (bicyclic) bond motifs is 1. The van der Waals surface area contributed by atoms with Gasteiger partial charge < -0.3 is 5.11 Å². The lowest BCUT2D eigenvalue weighted by Crippen LogP contribution is -2.24. The van der Waals surface area contributed by atoms with E-state index in [1.165, 1.54) is 25.8 Å². The molecule has 0 amide bonds. The van der Waals surface area contributed by atoms with Gasteiger partial charge in [0.15, 0.2) is 0 Å². The molecule has 3 nitrogen and oxygen atoms in total. The molecule has 106 valence electrons. The summed E-state index contributed by atoms with van der Waals surface area (Å²) < 4.78 is 0. The number of aliphatic carboxylic acids is 1. The molecule has 1 saturated carbocycles. The predicted octanol–water partition coefficient (Wildman–Crippen LogP) is 3.39. The topological polar surface area (TPSA) is 40.3 Å². The van der Waals surface area contributed by atoms with Crippen LogP contribution in [0, 0.1) is 11.3 Å². The van der Waals surface area contributed by atoms with Gasteiger partial charge in [0.05, 0.1) is 5.41 Å². The fourth-order valence-electron chi connectivity index (χ4n) is 3.45. The molecule has 1 heterocycles. The highest BCUT2D eigenvalue weighted by Gasteiger charge is 2.65. The first-order chi connectivity index (χ1) is 8.21. The second-order valence-electron chi connectivity index (χ2n) is 6.68. The van der Waals surface area contributed by atoms with E-state index in [2.05, 4.69) is 25.7 Å². The standard InChI is InChI=1S/C10H19N.C5H10O2/c1-4-10-8(3)6-7-9(10)11(10)5-2;1-5(2,3)4(6)7/h8-9H,4-7H2,1-3H3;1-3H3,(H,6,7). The van der Waals surface area contributed by atoms with Crippen molar-refractivity contribution in [3.63, 3.8) is 0 Å². The number of hydrogen-bond acceptors (Lipinski definition) is 2. The summed E-state index contributed by atoms with van der Waals surface area (Å²) in [5.74, 6) is 0.199. The Balaban J connectivity index is 0.000000203. The summed E-state index contributed by atoms with van der Waals surface area (Å²) in [6.45, 7) is 13.3. The van der Waals surface area contributed by atoms with Gasteiger partial charge in [0.2, 0.25) is 0 Å². The van der Waals surface area contributed by atoms with Crippen LogP contribution >= 0.6 is 0 Å². The average molecular weight is 255 g/mol. The number of piperidine rings is 1. The van der Waals surface area contributed by atoms with Crippen molar-refractivity contribution in [2.45, 2.75) is 72.4 Å². The summed E-state index contributed by atoms with van der Waals surface area (Å²) in [6.07, 6.45) is 4.30. The molecule has 4 atom stereocenters. The molecule has 18 heavy (non-hydrogen) atoms. The molecule has 1 N–H and O–H groups in total. The largest absolute Gasteiger partial charge is 0.481 e. The van der Waals surface area contributed by atoms with Crippen LogP contribution in [0.1, 0.15) is 60.8 Å². The van der Waals surface area contributed by atoms with Crippen molar-refractivity contribution >= 4 is 5.97 Å². The Morgan fingerprint density at radius 3 is 2.06 bits per heavy atom. The van der Waals surface area contributed by atoms with E-state index in [4.69, 9.17) is 5.11 Å². The Hall–Kier alpha value is -0.570. The van der Waals surface area contributed by atoms with E-state index in [1.807, 2.05) is 0 Å². The zero-order valence-corrected chi connectivity index (χ0v) is 12.8. The van der Waals surface area contributed by atoms with E-state index in [0.29, 0.717) is 5.54 Å². The van der Waals surface area contributed by atoms with Crippen molar-refractivity contribution in [1.82, 2.24) is 4.90 Å². The molecule has 0 aromatic carbocycles. The number of likely N-dealkylation sites (tertiary alicyclic amines) is 1. The van der Waals surface area contributed by atoms with E-state index in [-0.39, 0.29) is 0 Å². The smallest absolute Gasteiger partial charge is 0.308 e. The van der Waals surface area contributed by atoms with Crippen LogP contribution in [-0.2, 0) is 4.79 Å². The quantitative estimate of drug-likeness (QED) is 0.769. The Morgan fingerprint density at radius 1 is 1.33 bits per heavy atom. The van der Waals surface area contributed by atoms with Gasteiger partial charge in [-0.25, -0.2) is 0 Å². The number of likely N-dealkylation sites (N-methyl/N-ethyl adjacent to an activating group) is 1. The van der Waals surface area contributed by atoms with Crippen LogP contribution in [0.2, 0.25) is 0 Å². The normalized spacial score (nSPS) is 37.6. The minimum Gasteiger partial charge on any atom is -0.481 e. The summed E-state index contributed by atoms with van der Waals surface area (Å²) in [5, 5.41) is 8.25. The zero-order valence-electron chi connectivity index (χ0n) is 12.8. The van der Waals surface area contributed by atoms with E-state index in [9.17, 15) is 4.79 Å². The molecule has 0 aromatic heterocycles. The summed E-state index contributed by atoms with van der Waals surface area (Å²) in [6, 6.07) is 0.965. The van der Waals surface area contributed by atoms with Crippen molar-refractivity contribution in [3.8, 4) is 0 Å². The molecule has 0 spiro atoms. The third kappa shape index (κ3) is 2.56. The summed E-state index contributed by atoms with van der Waals surface area (Å²) in [7, 11) is 0. The van der Waals surface area contributed by atoms with Crippen LogP contribution in [0.15, 0.2) is 0 Å². The van der Waals surface area contributed by atoms with Gasteiger partial charge in [0, 0.05) is 11.6 Å². The highest BCUT2D eigenvalue weighted by atomic mass is 16.4. The Bertz CT molecular complexity index is 302. The third-order valence-electron chi connectivity index (χ3n) is 4.70. The first kappa shape index (κ1) is 15.5. The molecular formula is C15H29NO2. The molecule has 0 bridgehead atoms. The van der Waals surface area contributed by atoms with Gasteiger partial charge in [-0.1, -0.05) is 20.8 Å². The minimum atomic E-state index is -0.757. The van der Waals surface area contributed by atoms with Gasteiger partial charge >= 0.3 is 5.97 Å². The SMILES string of the molecule is CC(C)(C)C(=O)O.CCN1C2CCC(C)C21CC. The van der Waals surface area contributed by atoms with Crippen molar-refractivity contribution < 1.29 is 9.90 Å². The number of carbonyl (C=O) groups is 1. The minimum absolute atomic E-state index is 0.583. The fraction of sp³-hybridized carbons (Fsp3) is 0.933. The number of carboxylic acids is 1. The van der Waals surface area contributed by atoms with Crippen LogP contribution in [0.4, 0.5) is 0 Å². The summed E-state index contributed by atoms with van der Waals surface area (Å²) >= 11 is 0. The molecule has 0 radical (unpaired) electrons. The average Bonchev–Trinajstić information content (AvgIpc) is 2.82. The van der Waals surface area contributed by atoms with Gasteiger partial charge in [-0.15, -0.1) is 0 Å². The number of rotatable bonds is 2. The number of hydrogen-bond donors (Lipinski definition) is 1. The van der Waals surface area contributed by atoms with E-state index in [1.54, 1.807) is 20.8 Å². The maximum Gasteiger partial charge on any atom is 0.308 e. The third-order valence-corrected chi connectivity index (χ3v) is 4.70.